The first-order valence-electron chi connectivity index (χ1n) is 10.7. The first-order chi connectivity index (χ1) is 15.6. The number of aromatic amines is 1. The van der Waals surface area contributed by atoms with Crippen molar-refractivity contribution >= 4 is 40.8 Å². The number of benzene rings is 2. The van der Waals surface area contributed by atoms with Crippen molar-refractivity contribution in [1.29, 1.82) is 0 Å². The quantitative estimate of drug-likeness (QED) is 0.127. The van der Waals surface area contributed by atoms with Crippen LogP contribution in [-0.4, -0.2) is 50.5 Å². The average molecular weight is 568 g/mol. The number of halogens is 1. The molecule has 9 heteroatoms. The summed E-state index contributed by atoms with van der Waals surface area (Å²) in [5.41, 5.74) is 3.05. The third-order valence-electron chi connectivity index (χ3n) is 5.11. The predicted molar refractivity (Wildman–Crippen MR) is 143 cm³/mol. The Morgan fingerprint density at radius 3 is 2.45 bits per heavy atom. The summed E-state index contributed by atoms with van der Waals surface area (Å²) in [7, 11) is 4.85. The fourth-order valence-electron chi connectivity index (χ4n) is 3.49. The molecule has 1 aromatic heterocycles. The first kappa shape index (κ1) is 26.4. The Hall–Kier alpha value is -2.82. The van der Waals surface area contributed by atoms with Crippen molar-refractivity contribution in [2.75, 3.05) is 34.4 Å². The van der Waals surface area contributed by atoms with Crippen LogP contribution >= 0.6 is 24.0 Å². The number of aliphatic imine (C=N–C) groups is 1. The molecule has 0 spiro atoms. The van der Waals surface area contributed by atoms with Crippen LogP contribution in [0, 0.1) is 0 Å². The van der Waals surface area contributed by atoms with Gasteiger partial charge in [0.05, 0.1) is 33.4 Å². The summed E-state index contributed by atoms with van der Waals surface area (Å²) in [4.78, 5) is 8.06. The number of nitrogens with one attached hydrogen (secondary N) is 3. The van der Waals surface area contributed by atoms with Crippen LogP contribution in [0.15, 0.2) is 41.4 Å². The van der Waals surface area contributed by atoms with Crippen LogP contribution in [0.25, 0.3) is 10.9 Å². The van der Waals surface area contributed by atoms with Gasteiger partial charge in [-0.1, -0.05) is 6.07 Å². The molecule has 3 rings (SSSR count). The van der Waals surface area contributed by atoms with Crippen molar-refractivity contribution in [1.82, 2.24) is 15.6 Å². The second-order valence-electron chi connectivity index (χ2n) is 7.32. The maximum Gasteiger partial charge on any atom is 0.191 e. The Balaban J connectivity index is 0.00000385. The third kappa shape index (κ3) is 7.08. The number of fused-ring (bicyclic) bond motifs is 1. The van der Waals surface area contributed by atoms with E-state index in [2.05, 4.69) is 26.7 Å². The predicted octanol–water partition coefficient (Wildman–Crippen LogP) is 4.21. The van der Waals surface area contributed by atoms with Crippen molar-refractivity contribution in [3.8, 4) is 23.0 Å². The smallest absolute Gasteiger partial charge is 0.191 e. The van der Waals surface area contributed by atoms with E-state index in [9.17, 15) is 5.11 Å². The zero-order valence-electron chi connectivity index (χ0n) is 19.5. The molecule has 3 aromatic rings. The number of methoxy groups -OCH3 is 3. The van der Waals surface area contributed by atoms with Crippen LogP contribution in [0.3, 0.4) is 0 Å². The zero-order chi connectivity index (χ0) is 22.9. The lowest BCUT2D eigenvalue weighted by molar-refractivity contribution is 0.373. The van der Waals surface area contributed by atoms with Crippen LogP contribution in [-0.2, 0) is 13.0 Å². The number of phenols is 1. The van der Waals surface area contributed by atoms with E-state index in [-0.39, 0.29) is 29.7 Å². The van der Waals surface area contributed by atoms with Crippen LogP contribution in [0.1, 0.15) is 24.6 Å². The molecule has 0 saturated heterocycles. The van der Waals surface area contributed by atoms with E-state index in [1.807, 2.05) is 25.1 Å². The Labute approximate surface area is 211 Å². The monoisotopic (exact) mass is 568 g/mol. The van der Waals surface area contributed by atoms with Crippen molar-refractivity contribution in [3.05, 3.63) is 47.7 Å². The van der Waals surface area contributed by atoms with Gasteiger partial charge in [0.2, 0.25) is 0 Å². The summed E-state index contributed by atoms with van der Waals surface area (Å²) >= 11 is 0. The van der Waals surface area contributed by atoms with Crippen molar-refractivity contribution in [2.24, 2.45) is 4.99 Å². The van der Waals surface area contributed by atoms with Gasteiger partial charge < -0.3 is 34.9 Å². The van der Waals surface area contributed by atoms with E-state index in [1.165, 1.54) is 7.11 Å². The van der Waals surface area contributed by atoms with E-state index < -0.39 is 0 Å². The Bertz CT molecular complexity index is 1070. The lowest BCUT2D eigenvalue weighted by atomic mass is 10.2. The minimum atomic E-state index is 0. The van der Waals surface area contributed by atoms with Gasteiger partial charge in [0.1, 0.15) is 11.5 Å². The summed E-state index contributed by atoms with van der Waals surface area (Å²) in [6, 6.07) is 11.3. The summed E-state index contributed by atoms with van der Waals surface area (Å²) < 4.78 is 15.9. The number of rotatable bonds is 10. The van der Waals surface area contributed by atoms with Gasteiger partial charge in [0.15, 0.2) is 17.5 Å². The summed E-state index contributed by atoms with van der Waals surface area (Å²) in [5, 5.41) is 17.6. The lowest BCUT2D eigenvalue weighted by Crippen LogP contribution is -2.37. The molecular weight excluding hydrogens is 535 g/mol. The number of hydrogen-bond donors (Lipinski definition) is 4. The highest BCUT2D eigenvalue weighted by Gasteiger charge is 2.09. The number of aromatic hydroxyl groups is 1. The maximum atomic E-state index is 9.93. The Morgan fingerprint density at radius 1 is 1.00 bits per heavy atom. The molecule has 0 aliphatic carbocycles. The zero-order valence-corrected chi connectivity index (χ0v) is 21.9. The normalized spacial score (nSPS) is 11.1. The average Bonchev–Trinajstić information content (AvgIpc) is 3.22. The molecule has 0 fully saturated rings. The highest BCUT2D eigenvalue weighted by molar-refractivity contribution is 14.0. The highest BCUT2D eigenvalue weighted by Crippen LogP contribution is 2.31. The molecule has 0 amide bonds. The molecule has 0 atom stereocenters. The van der Waals surface area contributed by atoms with Gasteiger partial charge in [0, 0.05) is 36.3 Å². The Morgan fingerprint density at radius 2 is 1.79 bits per heavy atom. The van der Waals surface area contributed by atoms with Crippen LogP contribution in [0.5, 0.6) is 23.0 Å². The largest absolute Gasteiger partial charge is 0.504 e. The number of hydrogen-bond acceptors (Lipinski definition) is 5. The molecule has 0 bridgehead atoms. The molecule has 33 heavy (non-hydrogen) atoms. The molecular formula is C24H33IN4O4. The van der Waals surface area contributed by atoms with E-state index in [0.717, 1.165) is 65.6 Å². The van der Waals surface area contributed by atoms with Gasteiger partial charge in [-0.2, -0.15) is 0 Å². The van der Waals surface area contributed by atoms with Gasteiger partial charge >= 0.3 is 0 Å². The molecule has 0 saturated carbocycles. The number of H-pyrrole nitrogens is 1. The van der Waals surface area contributed by atoms with Gasteiger partial charge in [-0.3, -0.25) is 0 Å². The summed E-state index contributed by atoms with van der Waals surface area (Å²) in [5.74, 6) is 2.87. The van der Waals surface area contributed by atoms with E-state index in [1.54, 1.807) is 26.4 Å². The van der Waals surface area contributed by atoms with E-state index in [4.69, 9.17) is 14.2 Å². The number of guanidine groups is 1. The molecule has 4 N–H and O–H groups in total. The van der Waals surface area contributed by atoms with E-state index in [0.29, 0.717) is 12.3 Å². The lowest BCUT2D eigenvalue weighted by Gasteiger charge is -2.11. The van der Waals surface area contributed by atoms with Crippen LogP contribution in [0.4, 0.5) is 0 Å². The molecule has 2 aromatic carbocycles. The second-order valence-corrected chi connectivity index (χ2v) is 7.32. The third-order valence-corrected chi connectivity index (χ3v) is 5.11. The number of phenolic OH excluding ortho intramolecular Hbond substituents is 1. The molecule has 180 valence electrons. The standard InChI is InChI=1S/C24H32N4O4.HI/c1-5-25-24(27-15-16-8-9-22(31-3)21(29)11-16)26-10-6-7-17-12-19-20(28-17)13-18(30-2)14-23(19)32-4;/h8-9,11-14,28-29H,5-7,10,15H2,1-4H3,(H2,25,26,27);1H. The topological polar surface area (TPSA) is 100 Å². The van der Waals surface area contributed by atoms with Crippen molar-refractivity contribution in [3.63, 3.8) is 0 Å². The van der Waals surface area contributed by atoms with Crippen LogP contribution < -0.4 is 24.8 Å². The SMILES string of the molecule is CCNC(=NCc1ccc(OC)c(O)c1)NCCCc1cc2c(OC)cc(OC)cc2[nH]1.I. The highest BCUT2D eigenvalue weighted by atomic mass is 127. The number of ether oxygens (including phenoxy) is 3. The number of aromatic nitrogens is 1. The van der Waals surface area contributed by atoms with Crippen LogP contribution in [0.2, 0.25) is 0 Å². The molecule has 0 aliphatic rings. The second kappa shape index (κ2) is 13.0. The molecule has 8 nitrogen and oxygen atoms in total. The van der Waals surface area contributed by atoms with E-state index >= 15 is 0 Å². The number of nitrogens with zero attached hydrogens (tertiary/aromatic N) is 1. The molecule has 0 unspecified atom stereocenters. The molecule has 1 heterocycles. The van der Waals surface area contributed by atoms with Gasteiger partial charge in [-0.15, -0.1) is 24.0 Å². The fraction of sp³-hybridized carbons (Fsp3) is 0.375. The minimum absolute atomic E-state index is 0. The molecule has 0 radical (unpaired) electrons. The van der Waals surface area contributed by atoms with Gasteiger partial charge in [-0.05, 0) is 43.5 Å². The molecule has 0 aliphatic heterocycles. The minimum Gasteiger partial charge on any atom is -0.504 e. The van der Waals surface area contributed by atoms with Crippen molar-refractivity contribution in [2.45, 2.75) is 26.3 Å². The summed E-state index contributed by atoms with van der Waals surface area (Å²) in [6.07, 6.45) is 1.82. The van der Waals surface area contributed by atoms with Gasteiger partial charge in [-0.25, -0.2) is 4.99 Å². The van der Waals surface area contributed by atoms with Gasteiger partial charge in [0.25, 0.3) is 0 Å². The maximum absolute atomic E-state index is 9.93. The summed E-state index contributed by atoms with van der Waals surface area (Å²) in [6.45, 7) is 4.03. The Kier molecular flexibility index (Phi) is 10.4. The van der Waals surface area contributed by atoms with Crippen molar-refractivity contribution < 1.29 is 19.3 Å². The fourth-order valence-corrected chi connectivity index (χ4v) is 3.49. The first-order valence-corrected chi connectivity index (χ1v) is 10.7. The number of aryl methyl sites for hydroxylation is 1.